The highest BCUT2D eigenvalue weighted by Crippen LogP contribution is 2.42. The van der Waals surface area contributed by atoms with Crippen LogP contribution in [0.4, 0.5) is 11.4 Å². The van der Waals surface area contributed by atoms with Crippen molar-refractivity contribution in [1.82, 2.24) is 19.6 Å². The van der Waals surface area contributed by atoms with E-state index >= 15 is 0 Å². The van der Waals surface area contributed by atoms with E-state index in [1.165, 1.54) is 106 Å². The van der Waals surface area contributed by atoms with Crippen LogP contribution in [-0.4, -0.2) is 191 Å². The molecule has 0 saturated carbocycles. The second-order valence-corrected chi connectivity index (χ2v) is 31.6. The lowest BCUT2D eigenvalue weighted by molar-refractivity contribution is 0.0652. The van der Waals surface area contributed by atoms with Gasteiger partial charge in [0, 0.05) is 140 Å². The van der Waals surface area contributed by atoms with Gasteiger partial charge < -0.3 is 48.4 Å². The van der Waals surface area contributed by atoms with Crippen LogP contribution in [0.2, 0.25) is 0 Å². The molecule has 0 spiro atoms. The molecule has 532 valence electrons. The summed E-state index contributed by atoms with van der Waals surface area (Å²) in [5.74, 6) is 7.07. The average molecular weight is 1420 g/mol. The van der Waals surface area contributed by atoms with Crippen LogP contribution in [-0.2, 0) is 43.9 Å². The first kappa shape index (κ1) is 76.4. The monoisotopic (exact) mass is 1410 g/mol. The number of unbranched alkanes of at least 4 members (excludes halogenated alkanes) is 10. The summed E-state index contributed by atoms with van der Waals surface area (Å²) in [6, 6.07) is 45.9. The Balaban J connectivity index is 0.000000154. The maximum Gasteiger partial charge on any atom is 0.231 e. The van der Waals surface area contributed by atoms with Crippen LogP contribution in [0.5, 0.6) is 23.0 Å². The molecule has 6 aromatic carbocycles. The third-order valence-corrected chi connectivity index (χ3v) is 23.8. The van der Waals surface area contributed by atoms with E-state index in [1.807, 2.05) is 36.4 Å². The predicted octanol–water partition coefficient (Wildman–Crippen LogP) is 14.6. The van der Waals surface area contributed by atoms with Crippen molar-refractivity contribution in [2.75, 3.05) is 130 Å². The zero-order valence-electron chi connectivity index (χ0n) is 58.4. The van der Waals surface area contributed by atoms with E-state index in [2.05, 4.69) is 144 Å². The highest BCUT2D eigenvalue weighted by molar-refractivity contribution is 8.00. The molecule has 20 heteroatoms. The Morgan fingerprint density at radius 1 is 0.449 bits per heavy atom. The summed E-state index contributed by atoms with van der Waals surface area (Å²) in [5, 5.41) is 18.0. The van der Waals surface area contributed by atoms with Crippen molar-refractivity contribution in [3.63, 3.8) is 0 Å². The number of aliphatic hydroxyl groups excluding tert-OH is 2. The van der Waals surface area contributed by atoms with Crippen LogP contribution in [0.15, 0.2) is 163 Å². The summed E-state index contributed by atoms with van der Waals surface area (Å²) in [5.41, 5.74) is 6.89. The van der Waals surface area contributed by atoms with E-state index in [4.69, 9.17) is 48.6 Å². The van der Waals surface area contributed by atoms with Gasteiger partial charge >= 0.3 is 0 Å². The summed E-state index contributed by atoms with van der Waals surface area (Å²) < 4.78 is 56.9. The Morgan fingerprint density at radius 2 is 0.816 bits per heavy atom. The lowest BCUT2D eigenvalue weighted by Crippen LogP contribution is -2.49. The standard InChI is InChI=1S/2C21H25N3O2S.2C18H28O3S/c2*25-14-16-26-15-13-23-9-11-24(12-10-23)21-17-5-1-3-7-19(17)27-20-8-4-2-6-18(20)22-21;2*1-3-4-5-6-7-8-11-22(19)15(2)12-16-9-10-17-18(13-16)21-14-20-17/h2*1-8,25H,9-16H2;2*9-10,13,15H,3-8,11-12,14H2,1-2H3. The zero-order valence-corrected chi connectivity index (χ0v) is 61.6. The van der Waals surface area contributed by atoms with Crippen LogP contribution >= 0.6 is 23.5 Å². The second kappa shape index (κ2) is 42.5. The number of para-hydroxylation sites is 2. The number of fused-ring (bicyclic) bond motifs is 6. The molecule has 4 atom stereocenters. The first-order valence-corrected chi connectivity index (χ1v) is 40.2. The average Bonchev–Trinajstić information content (AvgIpc) is 1.63. The molecule has 6 aromatic rings. The molecule has 6 aliphatic rings. The number of aliphatic imine (C=N–C) groups is 2. The summed E-state index contributed by atoms with van der Waals surface area (Å²) in [6.45, 7) is 21.3. The van der Waals surface area contributed by atoms with Gasteiger partial charge in [-0.25, -0.2) is 9.98 Å². The number of amidine groups is 2. The zero-order chi connectivity index (χ0) is 68.5. The van der Waals surface area contributed by atoms with E-state index in [-0.39, 0.29) is 23.7 Å². The minimum Gasteiger partial charge on any atom is -0.454 e. The Bertz CT molecular complexity index is 3250. The van der Waals surface area contributed by atoms with E-state index in [9.17, 15) is 8.42 Å². The molecule has 6 aliphatic heterocycles. The minimum absolute atomic E-state index is 0.0898. The van der Waals surface area contributed by atoms with Gasteiger partial charge in [-0.3, -0.25) is 18.2 Å². The number of piperazine rings is 2. The molecular formula is C78H106N6O10S4. The number of benzene rings is 6. The van der Waals surface area contributed by atoms with Crippen molar-refractivity contribution in [1.29, 1.82) is 0 Å². The summed E-state index contributed by atoms with van der Waals surface area (Å²) in [7, 11) is -1.49. The van der Waals surface area contributed by atoms with Crippen molar-refractivity contribution in [2.24, 2.45) is 9.98 Å². The number of hydrogen-bond donors (Lipinski definition) is 2. The van der Waals surface area contributed by atoms with Crippen LogP contribution in [0.25, 0.3) is 0 Å². The third-order valence-electron chi connectivity index (χ3n) is 18.0. The smallest absolute Gasteiger partial charge is 0.231 e. The van der Waals surface area contributed by atoms with Crippen molar-refractivity contribution < 1.29 is 47.1 Å². The number of rotatable bonds is 30. The van der Waals surface area contributed by atoms with Gasteiger partial charge in [-0.1, -0.05) is 188 Å². The fourth-order valence-electron chi connectivity index (χ4n) is 12.3. The van der Waals surface area contributed by atoms with Gasteiger partial charge in [0.25, 0.3) is 0 Å². The molecular weight excluding hydrogens is 1310 g/mol. The topological polar surface area (TPSA) is 168 Å². The highest BCUT2D eigenvalue weighted by Gasteiger charge is 2.28. The van der Waals surface area contributed by atoms with Crippen molar-refractivity contribution in [2.45, 2.75) is 148 Å². The first-order chi connectivity index (χ1) is 48.1. The summed E-state index contributed by atoms with van der Waals surface area (Å²) in [6.07, 6.45) is 16.6. The van der Waals surface area contributed by atoms with Crippen molar-refractivity contribution in [3.05, 3.63) is 156 Å². The van der Waals surface area contributed by atoms with Crippen LogP contribution in [0, 0.1) is 0 Å². The first-order valence-electron chi connectivity index (χ1n) is 35.8. The Kier molecular flexibility index (Phi) is 33.1. The van der Waals surface area contributed by atoms with Gasteiger partial charge in [-0.2, -0.15) is 0 Å². The highest BCUT2D eigenvalue weighted by atomic mass is 32.2. The normalized spacial score (nSPS) is 16.5. The van der Waals surface area contributed by atoms with Gasteiger partial charge in [0.05, 0.1) is 51.0 Å². The van der Waals surface area contributed by atoms with Crippen LogP contribution in [0.1, 0.15) is 127 Å². The molecule has 6 heterocycles. The van der Waals surface area contributed by atoms with Crippen molar-refractivity contribution >= 4 is 68.2 Å². The molecule has 0 radical (unpaired) electrons. The van der Waals surface area contributed by atoms with Crippen LogP contribution in [0.3, 0.4) is 0 Å². The SMILES string of the molecule is CCCCCCCCS(=O)C(C)Cc1ccc2c(c1)OCO2.CCCCCCCCS(=O)C(C)Cc1ccc2c(c1)OCO2.OCCOCCN1CCN(C2=Nc3ccccc3Sc3ccccc32)CC1.OCCOCCN1CCN(C2=Nc3ccccc3Sc3ccccc32)CC1. The Hall–Kier alpha value is -5.78. The molecule has 0 amide bonds. The fraction of sp³-hybridized carbons (Fsp3) is 0.513. The van der Waals surface area contributed by atoms with Gasteiger partial charge in [0.15, 0.2) is 23.0 Å². The lowest BCUT2D eigenvalue weighted by Gasteiger charge is -2.36. The van der Waals surface area contributed by atoms with Crippen LogP contribution < -0.4 is 18.9 Å². The number of ether oxygens (including phenoxy) is 6. The fourth-order valence-corrected chi connectivity index (χ4v) is 16.9. The van der Waals surface area contributed by atoms with E-state index in [0.29, 0.717) is 40.0 Å². The van der Waals surface area contributed by atoms with E-state index in [1.54, 1.807) is 23.5 Å². The second-order valence-electron chi connectivity index (χ2n) is 25.4. The quantitative estimate of drug-likeness (QED) is 0.0408. The molecule has 2 fully saturated rings. The molecule has 98 heavy (non-hydrogen) atoms. The molecule has 0 aromatic heterocycles. The van der Waals surface area contributed by atoms with Gasteiger partial charge in [0.2, 0.25) is 13.6 Å². The molecule has 2 saturated heterocycles. The molecule has 2 N–H and O–H groups in total. The van der Waals surface area contributed by atoms with Gasteiger partial charge in [-0.05, 0) is 97.5 Å². The maximum atomic E-state index is 12.3. The van der Waals surface area contributed by atoms with E-state index in [0.717, 1.165) is 149 Å². The number of hydrogen-bond acceptors (Lipinski definition) is 18. The summed E-state index contributed by atoms with van der Waals surface area (Å²) in [4.78, 5) is 24.7. The molecule has 12 rings (SSSR count). The molecule has 4 unspecified atom stereocenters. The number of aliphatic hydroxyl groups is 2. The Labute approximate surface area is 597 Å². The lowest BCUT2D eigenvalue weighted by atomic mass is 10.1. The largest absolute Gasteiger partial charge is 0.454 e. The van der Waals surface area contributed by atoms with Gasteiger partial charge in [-0.15, -0.1) is 0 Å². The predicted molar refractivity (Wildman–Crippen MR) is 402 cm³/mol. The van der Waals surface area contributed by atoms with E-state index < -0.39 is 21.6 Å². The van der Waals surface area contributed by atoms with Crippen molar-refractivity contribution in [3.8, 4) is 23.0 Å². The molecule has 16 nitrogen and oxygen atoms in total. The Morgan fingerprint density at radius 3 is 1.22 bits per heavy atom. The number of nitrogens with zero attached hydrogens (tertiary/aromatic N) is 6. The third kappa shape index (κ3) is 24.2. The minimum atomic E-state index is -0.743. The summed E-state index contributed by atoms with van der Waals surface area (Å²) >= 11 is 3.60. The maximum absolute atomic E-state index is 12.3. The molecule has 0 aliphatic carbocycles. The van der Waals surface area contributed by atoms with Gasteiger partial charge in [0.1, 0.15) is 11.7 Å². The molecule has 0 bridgehead atoms.